The molecule has 12 heteroatoms. The molecule has 6 nitrogen and oxygen atoms in total. The van der Waals surface area contributed by atoms with Crippen LogP contribution in [0.3, 0.4) is 0 Å². The lowest BCUT2D eigenvalue weighted by molar-refractivity contribution is -0.137. The second-order valence-electron chi connectivity index (χ2n) is 9.87. The lowest BCUT2D eigenvalue weighted by Gasteiger charge is -2.33. The fourth-order valence-electron chi connectivity index (χ4n) is 5.08. The Morgan fingerprint density at radius 3 is 2.02 bits per heavy atom. The van der Waals surface area contributed by atoms with Crippen molar-refractivity contribution in [1.82, 2.24) is 9.21 Å². The quantitative estimate of drug-likeness (QED) is 0.358. The fourth-order valence-corrected chi connectivity index (χ4v) is 5.91. The van der Waals surface area contributed by atoms with Gasteiger partial charge in [0.15, 0.2) is 5.78 Å². The number of ketones is 1. The van der Waals surface area contributed by atoms with Crippen molar-refractivity contribution in [2.24, 2.45) is 0 Å². The van der Waals surface area contributed by atoms with Gasteiger partial charge >= 0.3 is 6.18 Å². The molecular weight excluding hydrogens is 567 g/mol. The van der Waals surface area contributed by atoms with E-state index in [4.69, 9.17) is 4.74 Å². The highest BCUT2D eigenvalue weighted by Gasteiger charge is 2.34. The van der Waals surface area contributed by atoms with Crippen molar-refractivity contribution in [2.45, 2.75) is 6.18 Å². The second kappa shape index (κ2) is 11.0. The van der Waals surface area contributed by atoms with Gasteiger partial charge in [0.1, 0.15) is 24.0 Å². The second-order valence-corrected chi connectivity index (χ2v) is 11.9. The van der Waals surface area contributed by atoms with E-state index in [1.165, 1.54) is 28.8 Å². The number of rotatable bonds is 7. The fraction of sp³-hybridized carbons (Fsp3) is 0.276. The van der Waals surface area contributed by atoms with Crippen LogP contribution in [0.2, 0.25) is 0 Å². The molecule has 0 N–H and O–H groups in total. The van der Waals surface area contributed by atoms with Crippen LogP contribution in [-0.2, 0) is 16.2 Å². The molecule has 3 aromatic carbocycles. The number of piperazine rings is 1. The number of hydrogen-bond acceptors (Lipinski definition) is 5. The minimum atomic E-state index is -4.57. The molecule has 1 aliphatic heterocycles. The number of fused-ring (bicyclic) bond motifs is 1. The first kappa shape index (κ1) is 28.9. The SMILES string of the molecule is CS(=O)(=O)N1CCN(CCOc2ccc3c(c2)C(=O)C(c2ccc(C(F)(F)F)cc2)=C3c2cc(F)cc(F)c2)CC1. The number of alkyl halides is 3. The number of halogens is 5. The lowest BCUT2D eigenvalue weighted by atomic mass is 9.93. The van der Waals surface area contributed by atoms with Crippen LogP contribution in [0.25, 0.3) is 11.1 Å². The number of sulfonamides is 1. The molecule has 2 aliphatic rings. The molecule has 0 spiro atoms. The largest absolute Gasteiger partial charge is 0.492 e. The van der Waals surface area contributed by atoms with Gasteiger partial charge in [-0.25, -0.2) is 17.2 Å². The van der Waals surface area contributed by atoms with E-state index >= 15 is 0 Å². The zero-order valence-electron chi connectivity index (χ0n) is 21.8. The van der Waals surface area contributed by atoms with E-state index in [9.17, 15) is 35.2 Å². The third-order valence-electron chi connectivity index (χ3n) is 7.11. The summed E-state index contributed by atoms with van der Waals surface area (Å²) in [7, 11) is -3.24. The highest BCUT2D eigenvalue weighted by atomic mass is 32.2. The number of ether oxygens (including phenoxy) is 1. The first-order valence-electron chi connectivity index (χ1n) is 12.7. The molecule has 0 bridgehead atoms. The number of carbonyl (C=O) groups is 1. The van der Waals surface area contributed by atoms with Crippen LogP contribution < -0.4 is 4.74 Å². The summed E-state index contributed by atoms with van der Waals surface area (Å²) < 4.78 is 98.4. The van der Waals surface area contributed by atoms with Gasteiger partial charge < -0.3 is 4.74 Å². The summed E-state index contributed by atoms with van der Waals surface area (Å²) >= 11 is 0. The predicted molar refractivity (Wildman–Crippen MR) is 143 cm³/mol. The summed E-state index contributed by atoms with van der Waals surface area (Å²) in [5.41, 5.74) is 0.161. The molecule has 1 heterocycles. The molecule has 0 aromatic heterocycles. The molecule has 3 aromatic rings. The Morgan fingerprint density at radius 2 is 1.44 bits per heavy atom. The Balaban J connectivity index is 1.40. The van der Waals surface area contributed by atoms with Gasteiger partial charge in [-0.2, -0.15) is 17.5 Å². The molecule has 1 saturated heterocycles. The van der Waals surface area contributed by atoms with Gasteiger partial charge in [0.25, 0.3) is 0 Å². The van der Waals surface area contributed by atoms with Crippen LogP contribution in [0.15, 0.2) is 60.7 Å². The number of hydrogen-bond donors (Lipinski definition) is 0. The van der Waals surface area contributed by atoms with Gasteiger partial charge in [0.2, 0.25) is 10.0 Å². The van der Waals surface area contributed by atoms with E-state index in [0.717, 1.165) is 24.3 Å². The maximum atomic E-state index is 14.2. The van der Waals surface area contributed by atoms with Crippen molar-refractivity contribution in [3.05, 3.63) is 100 Å². The van der Waals surface area contributed by atoms with E-state index in [2.05, 4.69) is 4.90 Å². The van der Waals surface area contributed by atoms with Gasteiger partial charge in [-0.3, -0.25) is 9.69 Å². The Bertz CT molecular complexity index is 1610. The Hall–Kier alpha value is -3.61. The highest BCUT2D eigenvalue weighted by Crippen LogP contribution is 2.44. The summed E-state index contributed by atoms with van der Waals surface area (Å²) in [5.74, 6) is -1.87. The molecule has 0 amide bonds. The molecule has 1 fully saturated rings. The van der Waals surface area contributed by atoms with Crippen molar-refractivity contribution in [3.8, 4) is 5.75 Å². The summed E-state index contributed by atoms with van der Waals surface area (Å²) in [5, 5.41) is 0. The predicted octanol–water partition coefficient (Wildman–Crippen LogP) is 5.10. The number of benzene rings is 3. The number of nitrogens with zero attached hydrogens (tertiary/aromatic N) is 2. The van der Waals surface area contributed by atoms with Crippen molar-refractivity contribution in [2.75, 3.05) is 45.6 Å². The van der Waals surface area contributed by atoms with E-state index in [-0.39, 0.29) is 34.4 Å². The smallest absolute Gasteiger partial charge is 0.416 e. The Morgan fingerprint density at radius 1 is 0.805 bits per heavy atom. The first-order chi connectivity index (χ1) is 19.3. The van der Waals surface area contributed by atoms with Gasteiger partial charge in [-0.1, -0.05) is 12.1 Å². The number of carbonyl (C=O) groups excluding carboxylic acids is 1. The van der Waals surface area contributed by atoms with Gasteiger partial charge in [0, 0.05) is 55.5 Å². The molecular formula is C29H25F5N2O4S. The van der Waals surface area contributed by atoms with Crippen LogP contribution in [-0.4, -0.2) is 69.0 Å². The van der Waals surface area contributed by atoms with Crippen LogP contribution in [0.5, 0.6) is 5.75 Å². The van der Waals surface area contributed by atoms with Crippen LogP contribution in [0, 0.1) is 11.6 Å². The van der Waals surface area contributed by atoms with E-state index < -0.39 is 39.2 Å². The molecule has 5 rings (SSSR count). The monoisotopic (exact) mass is 592 g/mol. The summed E-state index contributed by atoms with van der Waals surface area (Å²) in [6.45, 7) is 2.64. The summed E-state index contributed by atoms with van der Waals surface area (Å²) in [4.78, 5) is 15.7. The molecule has 0 saturated carbocycles. The Kier molecular flexibility index (Phi) is 7.75. The Labute approximate surface area is 233 Å². The van der Waals surface area contributed by atoms with Crippen LogP contribution in [0.4, 0.5) is 22.0 Å². The summed E-state index contributed by atoms with van der Waals surface area (Å²) in [6.07, 6.45) is -3.40. The highest BCUT2D eigenvalue weighted by molar-refractivity contribution is 7.88. The van der Waals surface area contributed by atoms with Crippen molar-refractivity contribution >= 4 is 27.0 Å². The van der Waals surface area contributed by atoms with Crippen molar-refractivity contribution < 1.29 is 39.9 Å². The minimum Gasteiger partial charge on any atom is -0.492 e. The van der Waals surface area contributed by atoms with Crippen molar-refractivity contribution in [1.29, 1.82) is 0 Å². The summed E-state index contributed by atoms with van der Waals surface area (Å²) in [6, 6.07) is 11.6. The minimum absolute atomic E-state index is 0.0274. The topological polar surface area (TPSA) is 66.9 Å². The third kappa shape index (κ3) is 6.19. The van der Waals surface area contributed by atoms with Crippen LogP contribution >= 0.6 is 0 Å². The maximum Gasteiger partial charge on any atom is 0.416 e. The van der Waals surface area contributed by atoms with Gasteiger partial charge in [0.05, 0.1) is 11.8 Å². The standard InChI is InChI=1S/C29H25F5N2O4S/c1-41(38,39)36-10-8-35(9-11-36)12-13-40-23-6-7-24-25(17-23)28(37)27(18-2-4-20(5-3-18)29(32,33)34)26(24)19-14-21(30)16-22(31)15-19/h2-7,14-17H,8-13H2,1H3. The van der Waals surface area contributed by atoms with Crippen LogP contribution in [0.1, 0.15) is 32.6 Å². The van der Waals surface area contributed by atoms with E-state index in [1.807, 2.05) is 0 Å². The normalized spacial score (nSPS) is 16.8. The number of Topliss-reactive ketones (excluding diaryl/α,β-unsaturated/α-hetero) is 1. The van der Waals surface area contributed by atoms with Gasteiger partial charge in [-0.05, 0) is 59.2 Å². The molecule has 0 atom stereocenters. The number of allylic oxidation sites excluding steroid dienone is 1. The molecule has 0 radical (unpaired) electrons. The lowest BCUT2D eigenvalue weighted by Crippen LogP contribution is -2.49. The zero-order chi connectivity index (χ0) is 29.5. The maximum absolute atomic E-state index is 14.2. The molecule has 216 valence electrons. The van der Waals surface area contributed by atoms with E-state index in [0.29, 0.717) is 50.1 Å². The molecule has 1 aliphatic carbocycles. The zero-order valence-corrected chi connectivity index (χ0v) is 22.7. The average Bonchev–Trinajstić information content (AvgIpc) is 3.19. The van der Waals surface area contributed by atoms with E-state index in [1.54, 1.807) is 12.1 Å². The average molecular weight is 593 g/mol. The van der Waals surface area contributed by atoms with Crippen molar-refractivity contribution in [3.63, 3.8) is 0 Å². The first-order valence-corrected chi connectivity index (χ1v) is 14.5. The molecule has 0 unspecified atom stereocenters. The van der Waals surface area contributed by atoms with Gasteiger partial charge in [-0.15, -0.1) is 0 Å². The third-order valence-corrected chi connectivity index (χ3v) is 8.41. The molecule has 41 heavy (non-hydrogen) atoms.